The fraction of sp³-hybridized carbons (Fsp3) is 0.350. The number of ether oxygens (including phenoxy) is 2. The van der Waals surface area contributed by atoms with Gasteiger partial charge in [0, 0.05) is 12.6 Å². The van der Waals surface area contributed by atoms with Crippen molar-refractivity contribution in [3.8, 4) is 11.5 Å². The van der Waals surface area contributed by atoms with Crippen molar-refractivity contribution in [1.82, 2.24) is 5.32 Å². The maximum Gasteiger partial charge on any atom is 0.243 e. The summed E-state index contributed by atoms with van der Waals surface area (Å²) in [4.78, 5) is 11.5. The van der Waals surface area contributed by atoms with Gasteiger partial charge in [0.15, 0.2) is 11.5 Å². The lowest BCUT2D eigenvalue weighted by Gasteiger charge is -2.03. The third-order valence-corrected chi connectivity index (χ3v) is 3.39. The van der Waals surface area contributed by atoms with Crippen molar-refractivity contribution in [3.63, 3.8) is 0 Å². The van der Waals surface area contributed by atoms with E-state index < -0.39 is 0 Å². The molecule has 1 heterocycles. The topological polar surface area (TPSA) is 47.6 Å². The lowest BCUT2D eigenvalue weighted by Crippen LogP contribution is -2.25. The van der Waals surface area contributed by atoms with Crippen LogP contribution in [0.3, 0.4) is 0 Å². The van der Waals surface area contributed by atoms with Gasteiger partial charge in [-0.05, 0) is 36.5 Å². The fourth-order valence-electron chi connectivity index (χ4n) is 2.11. The number of allylic oxidation sites excluding steroid dienone is 4. The first kappa shape index (κ1) is 17.9. The first-order valence-electron chi connectivity index (χ1n) is 8.32. The van der Waals surface area contributed by atoms with E-state index in [0.717, 1.165) is 29.9 Å². The molecular weight excluding hydrogens is 302 g/mol. The highest BCUT2D eigenvalue weighted by molar-refractivity contribution is 5.87. The van der Waals surface area contributed by atoms with Gasteiger partial charge < -0.3 is 14.8 Å². The van der Waals surface area contributed by atoms with Crippen LogP contribution in [-0.4, -0.2) is 19.2 Å². The minimum atomic E-state index is -0.0453. The van der Waals surface area contributed by atoms with Crippen molar-refractivity contribution in [1.29, 1.82) is 0 Å². The SMILES string of the molecule is CC(C)CNC(=O)C=CC=CCCC=Cc1ccc2c(c1)OCO2. The lowest BCUT2D eigenvalue weighted by molar-refractivity contribution is -0.116. The molecule has 24 heavy (non-hydrogen) atoms. The van der Waals surface area contributed by atoms with E-state index in [-0.39, 0.29) is 5.91 Å². The van der Waals surface area contributed by atoms with Crippen molar-refractivity contribution in [2.75, 3.05) is 13.3 Å². The maximum absolute atomic E-state index is 11.5. The van der Waals surface area contributed by atoms with E-state index in [0.29, 0.717) is 19.3 Å². The van der Waals surface area contributed by atoms with Crippen LogP contribution in [0.2, 0.25) is 0 Å². The summed E-state index contributed by atoms with van der Waals surface area (Å²) >= 11 is 0. The minimum Gasteiger partial charge on any atom is -0.454 e. The minimum absolute atomic E-state index is 0.0453. The van der Waals surface area contributed by atoms with Crippen LogP contribution in [0, 0.1) is 5.92 Å². The number of amides is 1. The van der Waals surface area contributed by atoms with Crippen molar-refractivity contribution >= 4 is 12.0 Å². The molecule has 0 atom stereocenters. The van der Waals surface area contributed by atoms with Gasteiger partial charge in [-0.3, -0.25) is 4.79 Å². The summed E-state index contributed by atoms with van der Waals surface area (Å²) in [5.74, 6) is 2.03. The quantitative estimate of drug-likeness (QED) is 0.444. The van der Waals surface area contributed by atoms with E-state index in [4.69, 9.17) is 9.47 Å². The average Bonchev–Trinajstić information content (AvgIpc) is 3.03. The zero-order valence-corrected chi connectivity index (χ0v) is 14.3. The number of benzene rings is 1. The summed E-state index contributed by atoms with van der Waals surface area (Å²) in [6, 6.07) is 5.92. The average molecular weight is 327 g/mol. The standard InChI is InChI=1S/C20H25NO3/c1-16(2)14-21-20(22)10-8-6-4-3-5-7-9-17-11-12-18-19(13-17)24-15-23-18/h4,6-13,16H,3,5,14-15H2,1-2H3,(H,21,22). The first-order valence-corrected chi connectivity index (χ1v) is 8.32. The Bertz CT molecular complexity index is 630. The van der Waals surface area contributed by atoms with Gasteiger partial charge in [0.1, 0.15) is 0 Å². The van der Waals surface area contributed by atoms with E-state index in [1.54, 1.807) is 12.2 Å². The molecule has 1 aliphatic rings. The fourth-order valence-corrected chi connectivity index (χ4v) is 2.11. The second kappa shape index (κ2) is 9.60. The van der Waals surface area contributed by atoms with E-state index in [2.05, 4.69) is 37.4 Å². The van der Waals surface area contributed by atoms with Crippen LogP contribution in [-0.2, 0) is 4.79 Å². The molecule has 4 nitrogen and oxygen atoms in total. The number of carbonyl (C=O) groups excluding carboxylic acids is 1. The molecule has 1 aliphatic heterocycles. The Kier molecular flexibility index (Phi) is 7.15. The third-order valence-electron chi connectivity index (χ3n) is 3.39. The molecule has 0 radical (unpaired) electrons. The molecule has 1 amide bonds. The van der Waals surface area contributed by atoms with Crippen LogP contribution in [0.15, 0.2) is 48.6 Å². The van der Waals surface area contributed by atoms with Gasteiger partial charge in [0.25, 0.3) is 0 Å². The number of nitrogens with one attached hydrogen (secondary N) is 1. The molecule has 4 heteroatoms. The lowest BCUT2D eigenvalue weighted by atomic mass is 10.1. The normalized spacial score (nSPS) is 13.6. The van der Waals surface area contributed by atoms with Crippen LogP contribution >= 0.6 is 0 Å². The van der Waals surface area contributed by atoms with Gasteiger partial charge >= 0.3 is 0 Å². The number of unbranched alkanes of at least 4 members (excludes halogenated alkanes) is 1. The Morgan fingerprint density at radius 1 is 1.17 bits per heavy atom. The smallest absolute Gasteiger partial charge is 0.243 e. The van der Waals surface area contributed by atoms with Gasteiger partial charge in [0.05, 0.1) is 0 Å². The Balaban J connectivity index is 1.64. The third kappa shape index (κ3) is 6.32. The summed E-state index contributed by atoms with van der Waals surface area (Å²) in [6.45, 7) is 5.15. The van der Waals surface area contributed by atoms with Gasteiger partial charge in [-0.1, -0.05) is 50.3 Å². The summed E-state index contributed by atoms with van der Waals surface area (Å²) < 4.78 is 10.6. The van der Waals surface area contributed by atoms with E-state index in [1.165, 1.54) is 0 Å². The highest BCUT2D eigenvalue weighted by Gasteiger charge is 2.11. The second-order valence-corrected chi connectivity index (χ2v) is 6.02. The summed E-state index contributed by atoms with van der Waals surface area (Å²) in [5.41, 5.74) is 1.10. The molecule has 0 unspecified atom stereocenters. The molecule has 1 aromatic rings. The highest BCUT2D eigenvalue weighted by atomic mass is 16.7. The molecule has 0 saturated heterocycles. The van der Waals surface area contributed by atoms with Crippen LogP contribution in [0.4, 0.5) is 0 Å². The molecule has 0 aromatic heterocycles. The number of hydrogen-bond acceptors (Lipinski definition) is 3. The number of fused-ring (bicyclic) bond motifs is 1. The highest BCUT2D eigenvalue weighted by Crippen LogP contribution is 2.32. The predicted octanol–water partition coefficient (Wildman–Crippen LogP) is 4.09. The van der Waals surface area contributed by atoms with Crippen molar-refractivity contribution in [2.45, 2.75) is 26.7 Å². The van der Waals surface area contributed by atoms with Gasteiger partial charge in [-0.15, -0.1) is 0 Å². The number of rotatable bonds is 8. The van der Waals surface area contributed by atoms with Crippen molar-refractivity contribution < 1.29 is 14.3 Å². The van der Waals surface area contributed by atoms with Gasteiger partial charge in [-0.2, -0.15) is 0 Å². The Labute approximate surface area is 143 Å². The molecular formula is C20H25NO3. The van der Waals surface area contributed by atoms with Crippen molar-refractivity contribution in [2.24, 2.45) is 5.92 Å². The molecule has 0 spiro atoms. The molecule has 128 valence electrons. The van der Waals surface area contributed by atoms with Gasteiger partial charge in [0.2, 0.25) is 12.7 Å². The zero-order valence-electron chi connectivity index (χ0n) is 14.3. The zero-order chi connectivity index (χ0) is 17.2. The molecule has 0 bridgehead atoms. The number of hydrogen-bond donors (Lipinski definition) is 1. The summed E-state index contributed by atoms with van der Waals surface area (Å²) in [7, 11) is 0. The summed E-state index contributed by atoms with van der Waals surface area (Å²) in [6.07, 6.45) is 13.4. The molecule has 1 N–H and O–H groups in total. The largest absolute Gasteiger partial charge is 0.454 e. The van der Waals surface area contributed by atoms with Crippen LogP contribution in [0.5, 0.6) is 11.5 Å². The van der Waals surface area contributed by atoms with E-state index in [9.17, 15) is 4.79 Å². The molecule has 0 aliphatic carbocycles. The second-order valence-electron chi connectivity index (χ2n) is 6.02. The van der Waals surface area contributed by atoms with E-state index >= 15 is 0 Å². The summed E-state index contributed by atoms with van der Waals surface area (Å²) in [5, 5.41) is 2.84. The Morgan fingerprint density at radius 3 is 2.79 bits per heavy atom. The first-order chi connectivity index (χ1) is 11.6. The van der Waals surface area contributed by atoms with Crippen LogP contribution in [0.1, 0.15) is 32.3 Å². The molecule has 0 fully saturated rings. The van der Waals surface area contributed by atoms with Crippen LogP contribution < -0.4 is 14.8 Å². The van der Waals surface area contributed by atoms with Crippen molar-refractivity contribution in [3.05, 3.63) is 54.1 Å². The maximum atomic E-state index is 11.5. The molecule has 2 rings (SSSR count). The van der Waals surface area contributed by atoms with E-state index in [1.807, 2.05) is 24.3 Å². The number of carbonyl (C=O) groups is 1. The molecule has 1 aromatic carbocycles. The predicted molar refractivity (Wildman–Crippen MR) is 97.0 cm³/mol. The Morgan fingerprint density at radius 2 is 1.96 bits per heavy atom. The monoisotopic (exact) mass is 327 g/mol. The molecule has 0 saturated carbocycles. The van der Waals surface area contributed by atoms with Gasteiger partial charge in [-0.25, -0.2) is 0 Å². The Hall–Kier alpha value is -2.49. The van der Waals surface area contributed by atoms with Crippen LogP contribution in [0.25, 0.3) is 6.08 Å².